The van der Waals surface area contributed by atoms with Crippen LogP contribution in [0.5, 0.6) is 5.75 Å². The van der Waals surface area contributed by atoms with E-state index in [1.54, 1.807) is 0 Å². The molecule has 1 heterocycles. The fraction of sp³-hybridized carbons (Fsp3) is 0.409. The van der Waals surface area contributed by atoms with Crippen molar-refractivity contribution in [3.63, 3.8) is 0 Å². The van der Waals surface area contributed by atoms with Gasteiger partial charge in [-0.15, -0.1) is 0 Å². The van der Waals surface area contributed by atoms with Gasteiger partial charge in [0.1, 0.15) is 5.75 Å². The number of rotatable bonds is 7. The van der Waals surface area contributed by atoms with Gasteiger partial charge in [-0.25, -0.2) is 0 Å². The first-order valence-corrected chi connectivity index (χ1v) is 10.1. The van der Waals surface area contributed by atoms with E-state index in [1.165, 1.54) is 0 Å². The fourth-order valence-electron chi connectivity index (χ4n) is 3.30. The number of amides is 1. The van der Waals surface area contributed by atoms with Crippen molar-refractivity contribution in [1.29, 1.82) is 0 Å². The molecule has 2 aromatic rings. The average Bonchev–Trinajstić information content (AvgIpc) is 2.68. The highest BCUT2D eigenvalue weighted by Crippen LogP contribution is 2.27. The van der Waals surface area contributed by atoms with Crippen molar-refractivity contribution in [2.75, 3.05) is 50.1 Å². The number of piperazine rings is 1. The molecule has 1 saturated heterocycles. The van der Waals surface area contributed by atoms with Gasteiger partial charge >= 0.3 is 0 Å². The molecule has 150 valence electrons. The molecule has 28 heavy (non-hydrogen) atoms. The first-order chi connectivity index (χ1) is 13.5. The van der Waals surface area contributed by atoms with Crippen LogP contribution in [0.2, 0.25) is 5.02 Å². The third-order valence-electron chi connectivity index (χ3n) is 4.96. The second-order valence-corrected chi connectivity index (χ2v) is 7.65. The number of hydrogen-bond donors (Lipinski definition) is 1. The van der Waals surface area contributed by atoms with Gasteiger partial charge in [0, 0.05) is 37.6 Å². The molecule has 0 bridgehead atoms. The molecule has 0 unspecified atom stereocenters. The minimum atomic E-state index is 0.0120. The summed E-state index contributed by atoms with van der Waals surface area (Å²) in [5.74, 6) is 0.822. The smallest absolute Gasteiger partial charge is 0.224 e. The Balaban J connectivity index is 1.48. The molecule has 5 nitrogen and oxygen atoms in total. The van der Waals surface area contributed by atoms with Gasteiger partial charge in [-0.05, 0) is 56.3 Å². The van der Waals surface area contributed by atoms with Crippen LogP contribution < -0.4 is 15.0 Å². The van der Waals surface area contributed by atoms with Gasteiger partial charge in [0.15, 0.2) is 0 Å². The molecule has 2 aromatic carbocycles. The SMILES string of the molecule is Cc1cc(Cl)ccc1OCCCC(=O)Nc1ccccc1N1CCN(C)CC1. The molecule has 1 fully saturated rings. The third-order valence-corrected chi connectivity index (χ3v) is 5.20. The van der Waals surface area contributed by atoms with E-state index in [0.29, 0.717) is 24.5 Å². The molecule has 6 heteroatoms. The van der Waals surface area contributed by atoms with Crippen LogP contribution in [0.1, 0.15) is 18.4 Å². The Labute approximate surface area is 172 Å². The first-order valence-electron chi connectivity index (χ1n) is 9.74. The Hall–Kier alpha value is -2.24. The molecule has 1 N–H and O–H groups in total. The molecular weight excluding hydrogens is 374 g/mol. The Morgan fingerprint density at radius 2 is 1.89 bits per heavy atom. The van der Waals surface area contributed by atoms with Crippen LogP contribution in [0.15, 0.2) is 42.5 Å². The van der Waals surface area contributed by atoms with Crippen LogP contribution in [-0.2, 0) is 4.79 Å². The number of nitrogens with one attached hydrogen (secondary N) is 1. The number of benzene rings is 2. The molecule has 0 atom stereocenters. The lowest BCUT2D eigenvalue weighted by Gasteiger charge is -2.35. The number of para-hydroxylation sites is 2. The van der Waals surface area contributed by atoms with Crippen LogP contribution in [0.4, 0.5) is 11.4 Å². The van der Waals surface area contributed by atoms with Crippen molar-refractivity contribution in [3.8, 4) is 5.75 Å². The zero-order chi connectivity index (χ0) is 19.9. The lowest BCUT2D eigenvalue weighted by Crippen LogP contribution is -2.44. The summed E-state index contributed by atoms with van der Waals surface area (Å²) in [6, 6.07) is 13.6. The number of hydrogen-bond acceptors (Lipinski definition) is 4. The first kappa shape index (κ1) is 20.5. The van der Waals surface area contributed by atoms with E-state index in [2.05, 4.69) is 28.2 Å². The second-order valence-electron chi connectivity index (χ2n) is 7.22. The summed E-state index contributed by atoms with van der Waals surface area (Å²) in [5, 5.41) is 3.77. The van der Waals surface area contributed by atoms with Crippen molar-refractivity contribution < 1.29 is 9.53 Å². The maximum atomic E-state index is 12.4. The Bertz CT molecular complexity index is 804. The predicted molar refractivity (Wildman–Crippen MR) is 116 cm³/mol. The van der Waals surface area contributed by atoms with Crippen molar-refractivity contribution in [2.24, 2.45) is 0 Å². The van der Waals surface area contributed by atoms with Gasteiger partial charge in [0.2, 0.25) is 5.91 Å². The van der Waals surface area contributed by atoms with E-state index in [0.717, 1.165) is 48.9 Å². The zero-order valence-corrected chi connectivity index (χ0v) is 17.3. The van der Waals surface area contributed by atoms with E-state index >= 15 is 0 Å². The molecule has 0 radical (unpaired) electrons. The van der Waals surface area contributed by atoms with Gasteiger partial charge < -0.3 is 19.9 Å². The summed E-state index contributed by atoms with van der Waals surface area (Å²) < 4.78 is 5.77. The predicted octanol–water partition coefficient (Wildman–Crippen LogP) is 4.20. The van der Waals surface area contributed by atoms with Crippen LogP contribution >= 0.6 is 11.6 Å². The van der Waals surface area contributed by atoms with E-state index in [4.69, 9.17) is 16.3 Å². The molecule has 3 rings (SSSR count). The van der Waals surface area contributed by atoms with E-state index < -0.39 is 0 Å². The lowest BCUT2D eigenvalue weighted by molar-refractivity contribution is -0.116. The number of likely N-dealkylation sites (N-methyl/N-ethyl adjacent to an activating group) is 1. The summed E-state index contributed by atoms with van der Waals surface area (Å²) in [5.41, 5.74) is 2.97. The number of carbonyl (C=O) groups is 1. The summed E-state index contributed by atoms with van der Waals surface area (Å²) in [6.07, 6.45) is 1.08. The summed E-state index contributed by atoms with van der Waals surface area (Å²) >= 11 is 5.96. The monoisotopic (exact) mass is 401 g/mol. The third kappa shape index (κ3) is 5.63. The molecular formula is C22H28ClN3O2. The highest BCUT2D eigenvalue weighted by molar-refractivity contribution is 6.30. The second kappa shape index (κ2) is 9.80. The number of halogens is 1. The highest BCUT2D eigenvalue weighted by atomic mass is 35.5. The average molecular weight is 402 g/mol. The van der Waals surface area contributed by atoms with Crippen LogP contribution in [-0.4, -0.2) is 50.6 Å². The van der Waals surface area contributed by atoms with Gasteiger partial charge in [-0.3, -0.25) is 4.79 Å². The number of aryl methyl sites for hydroxylation is 1. The maximum absolute atomic E-state index is 12.4. The van der Waals surface area contributed by atoms with Crippen LogP contribution in [0.25, 0.3) is 0 Å². The Kier molecular flexibility index (Phi) is 7.18. The van der Waals surface area contributed by atoms with Gasteiger partial charge in [0.05, 0.1) is 18.0 Å². The minimum Gasteiger partial charge on any atom is -0.493 e. The normalized spacial score (nSPS) is 14.8. The van der Waals surface area contributed by atoms with E-state index in [1.807, 2.05) is 43.3 Å². The highest BCUT2D eigenvalue weighted by Gasteiger charge is 2.17. The zero-order valence-electron chi connectivity index (χ0n) is 16.6. The maximum Gasteiger partial charge on any atom is 0.224 e. The molecule has 0 aromatic heterocycles. The standard InChI is InChI=1S/C22H28ClN3O2/c1-17-16-18(23)9-10-21(17)28-15-5-8-22(27)24-19-6-3-4-7-20(19)26-13-11-25(2)12-14-26/h3-4,6-7,9-10,16H,5,8,11-15H2,1-2H3,(H,24,27). The topological polar surface area (TPSA) is 44.8 Å². The molecule has 0 aliphatic carbocycles. The largest absolute Gasteiger partial charge is 0.493 e. The van der Waals surface area contributed by atoms with E-state index in [9.17, 15) is 4.79 Å². The van der Waals surface area contributed by atoms with Crippen molar-refractivity contribution in [1.82, 2.24) is 4.90 Å². The summed E-state index contributed by atoms with van der Waals surface area (Å²) in [7, 11) is 2.14. The summed E-state index contributed by atoms with van der Waals surface area (Å²) in [4.78, 5) is 17.1. The Morgan fingerprint density at radius 3 is 2.64 bits per heavy atom. The number of anilines is 2. The van der Waals surface area contributed by atoms with Crippen molar-refractivity contribution in [2.45, 2.75) is 19.8 Å². The minimum absolute atomic E-state index is 0.0120. The van der Waals surface area contributed by atoms with Crippen molar-refractivity contribution in [3.05, 3.63) is 53.1 Å². The Morgan fingerprint density at radius 1 is 1.14 bits per heavy atom. The molecule has 0 saturated carbocycles. The molecule has 1 aliphatic rings. The lowest BCUT2D eigenvalue weighted by atomic mass is 10.2. The van der Waals surface area contributed by atoms with Crippen molar-refractivity contribution >= 4 is 28.9 Å². The van der Waals surface area contributed by atoms with Gasteiger partial charge in [0.25, 0.3) is 0 Å². The van der Waals surface area contributed by atoms with E-state index in [-0.39, 0.29) is 5.91 Å². The number of nitrogens with zero attached hydrogens (tertiary/aromatic N) is 2. The quantitative estimate of drug-likeness (QED) is 0.706. The van der Waals surface area contributed by atoms with Crippen LogP contribution in [0, 0.1) is 6.92 Å². The van der Waals surface area contributed by atoms with Crippen LogP contribution in [0.3, 0.4) is 0 Å². The molecule has 0 spiro atoms. The number of ether oxygens (including phenoxy) is 1. The summed E-state index contributed by atoms with van der Waals surface area (Å²) in [6.45, 7) is 6.46. The fourth-order valence-corrected chi connectivity index (χ4v) is 3.53. The number of carbonyl (C=O) groups excluding carboxylic acids is 1. The van der Waals surface area contributed by atoms with Gasteiger partial charge in [-0.2, -0.15) is 0 Å². The molecule has 1 aliphatic heterocycles. The van der Waals surface area contributed by atoms with Gasteiger partial charge in [-0.1, -0.05) is 23.7 Å². The molecule has 1 amide bonds.